The van der Waals surface area contributed by atoms with Gasteiger partial charge in [-0.25, -0.2) is 0 Å². The van der Waals surface area contributed by atoms with Gasteiger partial charge in [0.2, 0.25) is 0 Å². The van der Waals surface area contributed by atoms with Gasteiger partial charge < -0.3 is 33.9 Å². The number of carbonyl (C=O) groups is 2. The average Bonchev–Trinajstić information content (AvgIpc) is 3.66. The SMILES string of the molecule is COC(=O)[C@@H]1C[C@H]1COc1cc(NC(C(=O)N2CCc3ccc(OC(F)(F)F)cc32)c2ccc(Cl)cc2OC)cc(OC)c1. The lowest BCUT2D eigenvalue weighted by atomic mass is 10.0. The lowest BCUT2D eigenvalue weighted by Gasteiger charge is -2.27. The number of alkyl halides is 3. The van der Waals surface area contributed by atoms with Crippen LogP contribution in [0.1, 0.15) is 23.6 Å². The molecule has 0 saturated heterocycles. The number of halogens is 4. The highest BCUT2D eigenvalue weighted by atomic mass is 35.5. The first-order valence-electron chi connectivity index (χ1n) is 13.7. The second-order valence-corrected chi connectivity index (χ2v) is 10.8. The van der Waals surface area contributed by atoms with E-state index in [9.17, 15) is 22.8 Å². The van der Waals surface area contributed by atoms with Gasteiger partial charge in [0, 0.05) is 53.0 Å². The molecule has 1 aliphatic heterocycles. The van der Waals surface area contributed by atoms with Gasteiger partial charge in [-0.15, -0.1) is 13.2 Å². The Hall–Kier alpha value is -4.32. The van der Waals surface area contributed by atoms with Crippen LogP contribution < -0.4 is 29.2 Å². The molecular weight excluding hydrogens is 605 g/mol. The highest BCUT2D eigenvalue weighted by Crippen LogP contribution is 2.41. The third-order valence-corrected chi connectivity index (χ3v) is 7.76. The monoisotopic (exact) mass is 634 g/mol. The summed E-state index contributed by atoms with van der Waals surface area (Å²) in [5.74, 6) is -0.101. The minimum atomic E-state index is -4.88. The minimum absolute atomic E-state index is 0.0270. The average molecular weight is 635 g/mol. The van der Waals surface area contributed by atoms with Crippen molar-refractivity contribution in [1.29, 1.82) is 0 Å². The topological polar surface area (TPSA) is 95.6 Å². The highest BCUT2D eigenvalue weighted by Gasteiger charge is 2.44. The van der Waals surface area contributed by atoms with Crippen molar-refractivity contribution >= 4 is 34.9 Å². The van der Waals surface area contributed by atoms with Crippen LogP contribution in [0.2, 0.25) is 5.02 Å². The van der Waals surface area contributed by atoms with Crippen molar-refractivity contribution in [1.82, 2.24) is 0 Å². The smallest absolute Gasteiger partial charge is 0.497 e. The molecular formula is C31H30ClF3N2O7. The van der Waals surface area contributed by atoms with Crippen LogP contribution >= 0.6 is 11.6 Å². The van der Waals surface area contributed by atoms with Crippen LogP contribution in [-0.4, -0.2) is 52.7 Å². The molecule has 1 aliphatic carbocycles. The lowest BCUT2D eigenvalue weighted by Crippen LogP contribution is -2.37. The van der Waals surface area contributed by atoms with Crippen molar-refractivity contribution in [3.63, 3.8) is 0 Å². The maximum absolute atomic E-state index is 14.3. The molecule has 9 nitrogen and oxygen atoms in total. The number of amides is 1. The quantitative estimate of drug-likeness (QED) is 0.250. The Morgan fingerprint density at radius 1 is 1.00 bits per heavy atom. The molecule has 1 heterocycles. The third-order valence-electron chi connectivity index (χ3n) is 7.52. The number of fused-ring (bicyclic) bond motifs is 1. The lowest BCUT2D eigenvalue weighted by molar-refractivity contribution is -0.274. The summed E-state index contributed by atoms with van der Waals surface area (Å²) < 4.78 is 64.7. The molecule has 1 saturated carbocycles. The van der Waals surface area contributed by atoms with Gasteiger partial charge in [-0.05, 0) is 36.6 Å². The van der Waals surface area contributed by atoms with E-state index < -0.39 is 24.1 Å². The Balaban J connectivity index is 1.46. The number of hydrogen-bond acceptors (Lipinski definition) is 8. The van der Waals surface area contributed by atoms with Gasteiger partial charge in [0.1, 0.15) is 29.0 Å². The van der Waals surface area contributed by atoms with Gasteiger partial charge in [0.05, 0.1) is 39.5 Å². The molecule has 13 heteroatoms. The van der Waals surface area contributed by atoms with Gasteiger partial charge in [-0.1, -0.05) is 23.7 Å². The normalized spacial score (nSPS) is 17.8. The first-order valence-corrected chi connectivity index (χ1v) is 14.1. The Morgan fingerprint density at radius 3 is 2.48 bits per heavy atom. The molecule has 1 fully saturated rings. The largest absolute Gasteiger partial charge is 0.573 e. The third kappa shape index (κ3) is 7.07. The summed E-state index contributed by atoms with van der Waals surface area (Å²) in [6, 6.07) is 12.8. The second kappa shape index (κ2) is 12.7. The van der Waals surface area contributed by atoms with E-state index in [0.717, 1.165) is 0 Å². The zero-order valence-corrected chi connectivity index (χ0v) is 24.8. The molecule has 3 aromatic rings. The summed E-state index contributed by atoms with van der Waals surface area (Å²) in [6.45, 7) is 0.527. The van der Waals surface area contributed by atoms with Crippen LogP contribution in [0.4, 0.5) is 24.5 Å². The molecule has 0 spiro atoms. The molecule has 0 radical (unpaired) electrons. The van der Waals surface area contributed by atoms with Crippen molar-refractivity contribution in [2.45, 2.75) is 25.2 Å². The van der Waals surface area contributed by atoms with E-state index >= 15 is 0 Å². The maximum atomic E-state index is 14.3. The maximum Gasteiger partial charge on any atom is 0.573 e. The molecule has 5 rings (SSSR count). The molecule has 3 aromatic carbocycles. The number of hydrogen-bond donors (Lipinski definition) is 1. The summed E-state index contributed by atoms with van der Waals surface area (Å²) in [6.07, 6.45) is -3.77. The molecule has 1 amide bonds. The first-order chi connectivity index (χ1) is 21.0. The number of nitrogens with one attached hydrogen (secondary N) is 1. The standard InChI is InChI=1S/C31H30ClF3N2O7/c1-40-22-12-20(13-23(14-22)43-16-18-10-25(18)30(39)42-3)36-28(24-7-5-19(32)11-27(24)41-2)29(38)37-9-8-17-4-6-21(15-26(17)37)44-31(33,34)35/h4-7,11-15,18,25,28,36H,8-10,16H2,1-3H3/t18-,25+,28?/m0/s1. The molecule has 1 N–H and O–H groups in total. The van der Waals surface area contributed by atoms with Gasteiger partial charge in [-0.2, -0.15) is 0 Å². The van der Waals surface area contributed by atoms with Crippen molar-refractivity contribution in [3.05, 3.63) is 70.7 Å². The molecule has 1 unspecified atom stereocenters. The van der Waals surface area contributed by atoms with Crippen LogP contribution in [0.3, 0.4) is 0 Å². The van der Waals surface area contributed by atoms with E-state index in [-0.39, 0.29) is 31.0 Å². The van der Waals surface area contributed by atoms with Crippen molar-refractivity contribution < 1.29 is 46.4 Å². The van der Waals surface area contributed by atoms with Crippen molar-refractivity contribution in [2.24, 2.45) is 11.8 Å². The van der Waals surface area contributed by atoms with Crippen LogP contribution in [0.25, 0.3) is 0 Å². The number of methoxy groups -OCH3 is 3. The minimum Gasteiger partial charge on any atom is -0.497 e. The van der Waals surface area contributed by atoms with Gasteiger partial charge in [0.15, 0.2) is 0 Å². The van der Waals surface area contributed by atoms with Crippen LogP contribution in [0.15, 0.2) is 54.6 Å². The Labute approximate surface area is 256 Å². The van der Waals surface area contributed by atoms with E-state index in [1.807, 2.05) is 0 Å². The number of benzene rings is 3. The van der Waals surface area contributed by atoms with Gasteiger partial charge in [-0.3, -0.25) is 9.59 Å². The number of anilines is 2. The zero-order valence-electron chi connectivity index (χ0n) is 24.1. The number of rotatable bonds is 11. The second-order valence-electron chi connectivity index (χ2n) is 10.4. The van der Waals surface area contributed by atoms with Gasteiger partial charge in [0.25, 0.3) is 5.91 Å². The van der Waals surface area contributed by atoms with Gasteiger partial charge >= 0.3 is 12.3 Å². The molecule has 234 valence electrons. The van der Waals surface area contributed by atoms with Crippen LogP contribution in [0, 0.1) is 11.8 Å². The van der Waals surface area contributed by atoms with Crippen molar-refractivity contribution in [3.8, 4) is 23.0 Å². The number of carbonyl (C=O) groups excluding carboxylic acids is 2. The fraction of sp³-hybridized carbons (Fsp3) is 0.355. The van der Waals surface area contributed by atoms with E-state index in [1.54, 1.807) is 36.4 Å². The molecule has 0 bridgehead atoms. The Kier molecular flexibility index (Phi) is 9.00. The Bertz CT molecular complexity index is 1550. The summed E-state index contributed by atoms with van der Waals surface area (Å²) in [5.41, 5.74) is 1.93. The van der Waals surface area contributed by atoms with E-state index in [4.69, 9.17) is 30.5 Å². The predicted octanol–water partition coefficient (Wildman–Crippen LogP) is 6.19. The summed E-state index contributed by atoms with van der Waals surface area (Å²) in [5, 5.41) is 3.63. The highest BCUT2D eigenvalue weighted by molar-refractivity contribution is 6.30. The Morgan fingerprint density at radius 2 is 1.77 bits per heavy atom. The predicted molar refractivity (Wildman–Crippen MR) is 156 cm³/mol. The number of nitrogens with zero attached hydrogens (tertiary/aromatic N) is 1. The zero-order chi connectivity index (χ0) is 31.6. The molecule has 0 aromatic heterocycles. The fourth-order valence-electron chi connectivity index (χ4n) is 5.23. The summed E-state index contributed by atoms with van der Waals surface area (Å²) in [4.78, 5) is 27.5. The first kappa shape index (κ1) is 31.1. The van der Waals surface area contributed by atoms with Crippen LogP contribution in [0.5, 0.6) is 23.0 Å². The number of esters is 1. The van der Waals surface area contributed by atoms with E-state index in [2.05, 4.69) is 10.1 Å². The molecule has 44 heavy (non-hydrogen) atoms. The van der Waals surface area contributed by atoms with E-state index in [1.165, 1.54) is 44.4 Å². The summed E-state index contributed by atoms with van der Waals surface area (Å²) >= 11 is 6.21. The molecule has 2 aliphatic rings. The van der Waals surface area contributed by atoms with Crippen molar-refractivity contribution in [2.75, 3.05) is 44.7 Å². The molecule has 3 atom stereocenters. The van der Waals surface area contributed by atoms with E-state index in [0.29, 0.717) is 57.6 Å². The fourth-order valence-corrected chi connectivity index (χ4v) is 5.40. The number of ether oxygens (including phenoxy) is 5. The van der Waals surface area contributed by atoms with Crippen LogP contribution in [-0.2, 0) is 20.7 Å². The summed E-state index contributed by atoms with van der Waals surface area (Å²) in [7, 11) is 4.28.